The number of carbonyl (C=O) groups is 3. The van der Waals surface area contributed by atoms with E-state index in [0.717, 1.165) is 36.1 Å². The summed E-state index contributed by atoms with van der Waals surface area (Å²) in [4.78, 5) is 50.9. The third kappa shape index (κ3) is 5.56. The molecule has 0 spiro atoms. The van der Waals surface area contributed by atoms with Crippen molar-refractivity contribution in [1.82, 2.24) is 20.2 Å². The van der Waals surface area contributed by atoms with Gasteiger partial charge < -0.3 is 16.0 Å². The number of pyridine rings is 2. The zero-order chi connectivity index (χ0) is 26.5. The molecule has 194 valence electrons. The van der Waals surface area contributed by atoms with Gasteiger partial charge in [0.15, 0.2) is 0 Å². The second-order valence-corrected chi connectivity index (χ2v) is 9.87. The van der Waals surface area contributed by atoms with Gasteiger partial charge in [0.05, 0.1) is 12.0 Å². The maximum absolute atomic E-state index is 13.7. The van der Waals surface area contributed by atoms with Crippen LogP contribution in [0.5, 0.6) is 0 Å². The van der Waals surface area contributed by atoms with Crippen LogP contribution in [0, 0.1) is 29.1 Å². The van der Waals surface area contributed by atoms with Gasteiger partial charge in [-0.25, -0.2) is 9.78 Å². The topological polar surface area (TPSA) is 145 Å². The van der Waals surface area contributed by atoms with E-state index in [4.69, 9.17) is 5.73 Å². The number of amides is 4. The van der Waals surface area contributed by atoms with Crippen molar-refractivity contribution in [3.63, 3.8) is 0 Å². The molecule has 37 heavy (non-hydrogen) atoms. The van der Waals surface area contributed by atoms with E-state index in [0.29, 0.717) is 17.9 Å². The lowest BCUT2D eigenvalue weighted by Crippen LogP contribution is -2.71. The number of anilines is 2. The minimum Gasteiger partial charge on any atom is -0.384 e. The predicted molar refractivity (Wildman–Crippen MR) is 138 cm³/mol. The normalized spacial score (nSPS) is 23.9. The number of likely N-dealkylation sites (tertiary alicyclic amines) is 1. The number of nitriles is 1. The van der Waals surface area contributed by atoms with Gasteiger partial charge in [-0.3, -0.25) is 19.5 Å². The van der Waals surface area contributed by atoms with Gasteiger partial charge in [0.2, 0.25) is 5.91 Å². The first-order chi connectivity index (χ1) is 17.8. The molecule has 2 aliphatic rings. The van der Waals surface area contributed by atoms with Crippen LogP contribution in [0.4, 0.5) is 16.3 Å². The number of aromatic nitrogens is 2. The molecule has 1 aliphatic heterocycles. The van der Waals surface area contributed by atoms with E-state index < -0.39 is 23.9 Å². The molecule has 2 aromatic heterocycles. The van der Waals surface area contributed by atoms with Crippen LogP contribution >= 0.6 is 0 Å². The van der Waals surface area contributed by atoms with Gasteiger partial charge in [-0.15, -0.1) is 0 Å². The molecule has 5 atom stereocenters. The molecule has 0 radical (unpaired) electrons. The zero-order valence-corrected chi connectivity index (χ0v) is 21.2. The van der Waals surface area contributed by atoms with Crippen LogP contribution in [-0.4, -0.2) is 51.8 Å². The number of nitrogens with two attached hydrogens (primary N) is 1. The summed E-state index contributed by atoms with van der Waals surface area (Å²) >= 11 is 0. The summed E-state index contributed by atoms with van der Waals surface area (Å²) in [5.74, 6) is -0.999. The molecule has 3 N–H and O–H groups in total. The predicted octanol–water partition coefficient (Wildman–Crippen LogP) is 2.91. The molecule has 4 amide bonds. The molecular formula is C27H33N7O3. The van der Waals surface area contributed by atoms with Gasteiger partial charge in [-0.2, -0.15) is 5.26 Å². The lowest BCUT2D eigenvalue weighted by molar-refractivity contribution is -0.156. The Bertz CT molecular complexity index is 1180. The standard InChI is InChI=1S/C27H33N7O3/c1-3-22(19-6-4-5-18(13-19)16-28)32-27(37)34-24(26(36)33(2)20-8-10-30-11-9-20)21(25(34)35)14-17-7-12-31-23(29)15-17/h7-12,15,18-19,21-22,24H,3-6,13-14H2,1-2H3,(H2,29,31)(H,32,37)/t18?,19?,21-,22+,24-/m0/s1. The smallest absolute Gasteiger partial charge is 0.325 e. The molecule has 2 aromatic rings. The average molecular weight is 504 g/mol. The van der Waals surface area contributed by atoms with Crippen molar-refractivity contribution in [2.75, 3.05) is 17.7 Å². The third-order valence-electron chi connectivity index (χ3n) is 7.58. The molecule has 3 heterocycles. The van der Waals surface area contributed by atoms with E-state index in [1.165, 1.54) is 4.90 Å². The molecule has 0 aromatic carbocycles. The lowest BCUT2D eigenvalue weighted by Gasteiger charge is -2.46. The number of rotatable bonds is 7. The number of carbonyl (C=O) groups excluding carboxylic acids is 3. The van der Waals surface area contributed by atoms with Crippen molar-refractivity contribution < 1.29 is 14.4 Å². The molecule has 2 unspecified atom stereocenters. The van der Waals surface area contributed by atoms with Crippen molar-refractivity contribution in [2.24, 2.45) is 17.8 Å². The number of β-lactam (4-membered cyclic amide) rings is 1. The van der Waals surface area contributed by atoms with E-state index in [-0.39, 0.29) is 30.2 Å². The number of hydrogen-bond acceptors (Lipinski definition) is 7. The molecule has 1 saturated carbocycles. The molecule has 4 rings (SSSR count). The first kappa shape index (κ1) is 26.1. The maximum Gasteiger partial charge on any atom is 0.325 e. The largest absolute Gasteiger partial charge is 0.384 e. The molecule has 10 nitrogen and oxygen atoms in total. The van der Waals surface area contributed by atoms with E-state index >= 15 is 0 Å². The van der Waals surface area contributed by atoms with Gasteiger partial charge in [0.1, 0.15) is 11.9 Å². The first-order valence-electron chi connectivity index (χ1n) is 12.7. The number of likely N-dealkylation sites (N-methyl/N-ethyl adjacent to an activating group) is 1. The van der Waals surface area contributed by atoms with E-state index in [2.05, 4.69) is 21.4 Å². The van der Waals surface area contributed by atoms with Crippen molar-refractivity contribution in [2.45, 2.75) is 57.5 Å². The maximum atomic E-state index is 13.7. The lowest BCUT2D eigenvalue weighted by atomic mass is 9.77. The minimum absolute atomic E-state index is 0.0177. The Morgan fingerprint density at radius 3 is 2.70 bits per heavy atom. The quantitative estimate of drug-likeness (QED) is 0.553. The zero-order valence-electron chi connectivity index (χ0n) is 21.2. The highest BCUT2D eigenvalue weighted by atomic mass is 16.2. The van der Waals surface area contributed by atoms with Crippen LogP contribution in [0.1, 0.15) is 44.6 Å². The van der Waals surface area contributed by atoms with Gasteiger partial charge in [0, 0.05) is 43.3 Å². The molecule has 0 bridgehead atoms. The van der Waals surface area contributed by atoms with Crippen LogP contribution in [0.3, 0.4) is 0 Å². The Morgan fingerprint density at radius 2 is 2.03 bits per heavy atom. The van der Waals surface area contributed by atoms with Crippen molar-refractivity contribution in [1.29, 1.82) is 5.26 Å². The van der Waals surface area contributed by atoms with Gasteiger partial charge in [-0.1, -0.05) is 13.3 Å². The summed E-state index contributed by atoms with van der Waals surface area (Å²) in [6.07, 6.45) is 9.11. The Kier molecular flexibility index (Phi) is 8.01. The summed E-state index contributed by atoms with van der Waals surface area (Å²) in [6.45, 7) is 1.98. The molecule has 10 heteroatoms. The summed E-state index contributed by atoms with van der Waals surface area (Å²) in [6, 6.07) is 7.47. The number of nitrogens with zero attached hydrogens (tertiary/aromatic N) is 5. The summed E-state index contributed by atoms with van der Waals surface area (Å²) < 4.78 is 0. The van der Waals surface area contributed by atoms with E-state index in [1.54, 1.807) is 49.9 Å². The second kappa shape index (κ2) is 11.4. The Morgan fingerprint density at radius 1 is 1.27 bits per heavy atom. The van der Waals surface area contributed by atoms with Crippen LogP contribution in [0.2, 0.25) is 0 Å². The number of nitrogens with one attached hydrogen (secondary N) is 1. The summed E-state index contributed by atoms with van der Waals surface area (Å²) in [5, 5.41) is 12.4. The van der Waals surface area contributed by atoms with E-state index in [1.807, 2.05) is 6.92 Å². The first-order valence-corrected chi connectivity index (χ1v) is 12.7. The fourth-order valence-electron chi connectivity index (χ4n) is 5.52. The van der Waals surface area contributed by atoms with E-state index in [9.17, 15) is 19.6 Å². The van der Waals surface area contributed by atoms with Crippen molar-refractivity contribution in [3.8, 4) is 6.07 Å². The van der Waals surface area contributed by atoms with Crippen LogP contribution in [0.15, 0.2) is 42.9 Å². The second-order valence-electron chi connectivity index (χ2n) is 9.87. The average Bonchev–Trinajstić information content (AvgIpc) is 2.92. The molecule has 1 aliphatic carbocycles. The number of imide groups is 1. The highest BCUT2D eigenvalue weighted by Crippen LogP contribution is 2.35. The van der Waals surface area contributed by atoms with Gasteiger partial charge in [0.25, 0.3) is 5.91 Å². The Labute approximate surface area is 216 Å². The van der Waals surface area contributed by atoms with Crippen LogP contribution < -0.4 is 16.0 Å². The Hall–Kier alpha value is -4.00. The fraction of sp³-hybridized carbons (Fsp3) is 0.481. The van der Waals surface area contributed by atoms with Gasteiger partial charge >= 0.3 is 6.03 Å². The molecule has 2 fully saturated rings. The fourth-order valence-corrected chi connectivity index (χ4v) is 5.52. The Balaban J connectivity index is 1.55. The number of nitrogen functional groups attached to an aromatic ring is 1. The van der Waals surface area contributed by atoms with Crippen LogP contribution in [0.25, 0.3) is 0 Å². The van der Waals surface area contributed by atoms with Gasteiger partial charge in [-0.05, 0) is 67.9 Å². The molecule has 1 saturated heterocycles. The van der Waals surface area contributed by atoms with Crippen molar-refractivity contribution >= 4 is 29.4 Å². The third-order valence-corrected chi connectivity index (χ3v) is 7.58. The highest BCUT2D eigenvalue weighted by molar-refractivity contribution is 6.12. The highest BCUT2D eigenvalue weighted by Gasteiger charge is 2.55. The number of urea groups is 1. The SMILES string of the molecule is CC[C@@H](NC(=O)N1C(=O)[C@@H](Cc2ccnc(N)c2)[C@H]1C(=O)N(C)c1ccncc1)C1CCCC(C#N)C1. The molecular weight excluding hydrogens is 470 g/mol. The van der Waals surface area contributed by atoms with Crippen molar-refractivity contribution in [3.05, 3.63) is 48.4 Å². The monoisotopic (exact) mass is 503 g/mol. The number of hydrogen-bond donors (Lipinski definition) is 2. The summed E-state index contributed by atoms with van der Waals surface area (Å²) in [5.41, 5.74) is 7.20. The minimum atomic E-state index is -0.962. The summed E-state index contributed by atoms with van der Waals surface area (Å²) in [7, 11) is 1.62. The van der Waals surface area contributed by atoms with Crippen LogP contribution in [-0.2, 0) is 16.0 Å².